The minimum absolute atomic E-state index is 1.21. The van der Waals surface area contributed by atoms with Crippen molar-refractivity contribution in [3.8, 4) is 0 Å². The van der Waals surface area contributed by atoms with E-state index in [1.165, 1.54) is 16.8 Å². The van der Waals surface area contributed by atoms with E-state index in [-0.39, 0.29) is 0 Å². The molecular formula is C14H15NS. The molecule has 0 bridgehead atoms. The van der Waals surface area contributed by atoms with Crippen LogP contribution in [0.4, 0.5) is 5.69 Å². The van der Waals surface area contributed by atoms with Gasteiger partial charge in [-0.3, -0.25) is 0 Å². The van der Waals surface area contributed by atoms with E-state index in [1.54, 1.807) is 11.3 Å². The third-order valence-corrected chi connectivity index (χ3v) is 3.21. The van der Waals surface area contributed by atoms with Crippen LogP contribution in [0.15, 0.2) is 53.4 Å². The first-order valence-corrected chi connectivity index (χ1v) is 6.20. The van der Waals surface area contributed by atoms with Crippen LogP contribution >= 0.6 is 11.3 Å². The standard InChI is InChI=1S/C14H15NS/c1-12(13-8-9-16-11-13)10-15(2)14-6-4-3-5-7-14/h3-11H,1-2H3. The summed E-state index contributed by atoms with van der Waals surface area (Å²) >= 11 is 1.73. The molecule has 0 atom stereocenters. The molecule has 2 aromatic rings. The van der Waals surface area contributed by atoms with E-state index in [4.69, 9.17) is 0 Å². The van der Waals surface area contributed by atoms with Gasteiger partial charge in [0.2, 0.25) is 0 Å². The summed E-state index contributed by atoms with van der Waals surface area (Å²) in [4.78, 5) is 2.15. The van der Waals surface area contributed by atoms with Crippen LogP contribution < -0.4 is 4.90 Å². The van der Waals surface area contributed by atoms with E-state index >= 15 is 0 Å². The summed E-state index contributed by atoms with van der Waals surface area (Å²) in [6.07, 6.45) is 2.16. The molecule has 0 aliphatic heterocycles. The van der Waals surface area contributed by atoms with Crippen molar-refractivity contribution in [1.29, 1.82) is 0 Å². The quantitative estimate of drug-likeness (QED) is 0.760. The number of benzene rings is 1. The van der Waals surface area contributed by atoms with Gasteiger partial charge in [-0.15, -0.1) is 0 Å². The van der Waals surface area contributed by atoms with Crippen LogP contribution in [0, 0.1) is 0 Å². The highest BCUT2D eigenvalue weighted by atomic mass is 32.1. The SMILES string of the molecule is CC(=CN(C)c1ccccc1)c1ccsc1. The monoisotopic (exact) mass is 229 g/mol. The maximum atomic E-state index is 2.17. The van der Waals surface area contributed by atoms with Gasteiger partial charge in [0, 0.05) is 18.9 Å². The number of rotatable bonds is 3. The van der Waals surface area contributed by atoms with E-state index < -0.39 is 0 Å². The number of anilines is 1. The molecule has 1 aromatic carbocycles. The second-order valence-electron chi connectivity index (χ2n) is 3.77. The maximum absolute atomic E-state index is 2.17. The van der Waals surface area contributed by atoms with Crippen molar-refractivity contribution < 1.29 is 0 Å². The van der Waals surface area contributed by atoms with Gasteiger partial charge in [0.25, 0.3) is 0 Å². The number of thiophene rings is 1. The summed E-state index contributed by atoms with van der Waals surface area (Å²) in [5.74, 6) is 0. The van der Waals surface area contributed by atoms with E-state index in [0.29, 0.717) is 0 Å². The van der Waals surface area contributed by atoms with Crippen LogP contribution in [0.2, 0.25) is 0 Å². The third-order valence-electron chi connectivity index (χ3n) is 2.53. The zero-order chi connectivity index (χ0) is 11.4. The molecule has 0 saturated carbocycles. The van der Waals surface area contributed by atoms with Crippen LogP contribution in [0.25, 0.3) is 5.57 Å². The molecule has 0 fully saturated rings. The van der Waals surface area contributed by atoms with Crippen LogP contribution in [0.5, 0.6) is 0 Å². The first-order valence-electron chi connectivity index (χ1n) is 5.26. The van der Waals surface area contributed by atoms with Gasteiger partial charge in [0.15, 0.2) is 0 Å². The van der Waals surface area contributed by atoms with Crippen LogP contribution in [-0.4, -0.2) is 7.05 Å². The van der Waals surface area contributed by atoms with Crippen LogP contribution in [0.3, 0.4) is 0 Å². The number of hydrogen-bond donors (Lipinski definition) is 0. The smallest absolute Gasteiger partial charge is 0.0403 e. The Bertz CT molecular complexity index is 457. The first kappa shape index (κ1) is 11.0. The Morgan fingerprint density at radius 1 is 1.19 bits per heavy atom. The fourth-order valence-corrected chi connectivity index (χ4v) is 2.31. The highest BCUT2D eigenvalue weighted by molar-refractivity contribution is 7.08. The fourth-order valence-electron chi connectivity index (χ4n) is 1.59. The van der Waals surface area contributed by atoms with Gasteiger partial charge < -0.3 is 4.90 Å². The topological polar surface area (TPSA) is 3.24 Å². The molecule has 82 valence electrons. The molecule has 0 amide bonds. The van der Waals surface area contributed by atoms with Crippen LogP contribution in [-0.2, 0) is 0 Å². The van der Waals surface area contributed by atoms with Crippen molar-refractivity contribution in [2.75, 3.05) is 11.9 Å². The Hall–Kier alpha value is -1.54. The Kier molecular flexibility index (Phi) is 3.42. The van der Waals surface area contributed by atoms with Gasteiger partial charge in [-0.1, -0.05) is 18.2 Å². The molecular weight excluding hydrogens is 214 g/mol. The molecule has 1 aromatic heterocycles. The minimum atomic E-state index is 1.21. The molecule has 0 N–H and O–H groups in total. The number of allylic oxidation sites excluding steroid dienone is 1. The number of hydrogen-bond acceptors (Lipinski definition) is 2. The largest absolute Gasteiger partial charge is 0.351 e. The Morgan fingerprint density at radius 2 is 1.94 bits per heavy atom. The highest BCUT2D eigenvalue weighted by Gasteiger charge is 1.99. The second-order valence-corrected chi connectivity index (χ2v) is 4.55. The van der Waals surface area contributed by atoms with Gasteiger partial charge in [-0.25, -0.2) is 0 Å². The normalized spacial score (nSPS) is 11.5. The van der Waals surface area contributed by atoms with Crippen molar-refractivity contribution in [3.05, 3.63) is 58.9 Å². The van der Waals surface area contributed by atoms with E-state index in [0.717, 1.165) is 0 Å². The predicted molar refractivity (Wildman–Crippen MR) is 72.8 cm³/mol. The number of nitrogens with zero attached hydrogens (tertiary/aromatic N) is 1. The van der Waals surface area contributed by atoms with Gasteiger partial charge in [0.05, 0.1) is 0 Å². The Balaban J connectivity index is 2.18. The molecule has 0 spiro atoms. The van der Waals surface area contributed by atoms with Gasteiger partial charge in [0.1, 0.15) is 0 Å². The summed E-state index contributed by atoms with van der Waals surface area (Å²) in [7, 11) is 2.07. The van der Waals surface area contributed by atoms with Crippen molar-refractivity contribution in [1.82, 2.24) is 0 Å². The lowest BCUT2D eigenvalue weighted by Gasteiger charge is -2.15. The third kappa shape index (κ3) is 2.52. The lowest BCUT2D eigenvalue weighted by Crippen LogP contribution is -2.08. The zero-order valence-corrected chi connectivity index (χ0v) is 10.4. The number of para-hydroxylation sites is 1. The lowest BCUT2D eigenvalue weighted by molar-refractivity contribution is 1.20. The molecule has 0 radical (unpaired) electrons. The molecule has 2 rings (SSSR count). The minimum Gasteiger partial charge on any atom is -0.351 e. The van der Waals surface area contributed by atoms with Crippen LogP contribution in [0.1, 0.15) is 12.5 Å². The van der Waals surface area contributed by atoms with E-state index in [1.807, 2.05) is 6.07 Å². The molecule has 1 heterocycles. The average molecular weight is 229 g/mol. The summed E-state index contributed by atoms with van der Waals surface area (Å²) in [6.45, 7) is 2.14. The average Bonchev–Trinajstić information content (AvgIpc) is 2.83. The zero-order valence-electron chi connectivity index (χ0n) is 9.55. The van der Waals surface area contributed by atoms with Gasteiger partial charge in [-0.05, 0) is 47.0 Å². The van der Waals surface area contributed by atoms with Crippen molar-refractivity contribution in [3.63, 3.8) is 0 Å². The molecule has 0 aliphatic carbocycles. The summed E-state index contributed by atoms with van der Waals surface area (Å²) < 4.78 is 0. The van der Waals surface area contributed by atoms with Gasteiger partial charge in [-0.2, -0.15) is 11.3 Å². The molecule has 1 nitrogen and oxygen atoms in total. The Morgan fingerprint density at radius 3 is 2.56 bits per heavy atom. The predicted octanol–water partition coefficient (Wildman–Crippen LogP) is 4.25. The molecule has 2 heteroatoms. The molecule has 0 aliphatic rings. The molecule has 0 saturated heterocycles. The second kappa shape index (κ2) is 4.99. The molecule has 16 heavy (non-hydrogen) atoms. The van der Waals surface area contributed by atoms with Gasteiger partial charge >= 0.3 is 0 Å². The maximum Gasteiger partial charge on any atom is 0.0403 e. The molecule has 0 unspecified atom stereocenters. The Labute approximate surface area is 101 Å². The van der Waals surface area contributed by atoms with Crippen molar-refractivity contribution in [2.45, 2.75) is 6.92 Å². The summed E-state index contributed by atoms with van der Waals surface area (Å²) in [6, 6.07) is 12.5. The summed E-state index contributed by atoms with van der Waals surface area (Å²) in [5, 5.41) is 4.28. The van der Waals surface area contributed by atoms with Crippen molar-refractivity contribution >= 4 is 22.6 Å². The lowest BCUT2D eigenvalue weighted by atomic mass is 10.2. The fraction of sp³-hybridized carbons (Fsp3) is 0.143. The van der Waals surface area contributed by atoms with Crippen molar-refractivity contribution in [2.24, 2.45) is 0 Å². The van der Waals surface area contributed by atoms with E-state index in [2.05, 4.69) is 66.2 Å². The highest BCUT2D eigenvalue weighted by Crippen LogP contribution is 2.19. The summed E-state index contributed by atoms with van der Waals surface area (Å²) in [5.41, 5.74) is 3.79. The first-order chi connectivity index (χ1) is 7.77. The van der Waals surface area contributed by atoms with E-state index in [9.17, 15) is 0 Å².